The number of ketones is 1. The van der Waals surface area contributed by atoms with Gasteiger partial charge in [-0.2, -0.15) is 0 Å². The van der Waals surface area contributed by atoms with Crippen molar-refractivity contribution in [3.8, 4) is 0 Å². The number of rotatable bonds is 5. The number of thiophene rings is 1. The lowest BCUT2D eigenvalue weighted by atomic mass is 9.99. The van der Waals surface area contributed by atoms with Crippen LogP contribution in [0.25, 0.3) is 11.0 Å². The van der Waals surface area contributed by atoms with Crippen LogP contribution < -0.4 is 0 Å². The Morgan fingerprint density at radius 2 is 1.97 bits per heavy atom. The summed E-state index contributed by atoms with van der Waals surface area (Å²) in [5, 5.41) is 13.3. The lowest BCUT2D eigenvalue weighted by molar-refractivity contribution is -0.130. The van der Waals surface area contributed by atoms with E-state index in [1.165, 1.54) is 16.2 Å². The third-order valence-corrected chi connectivity index (χ3v) is 6.25. The summed E-state index contributed by atoms with van der Waals surface area (Å²) in [6.45, 7) is 0.237. The maximum absolute atomic E-state index is 13.4. The molecule has 30 heavy (non-hydrogen) atoms. The molecule has 0 radical (unpaired) electrons. The minimum absolute atomic E-state index is 0.0548. The van der Waals surface area contributed by atoms with Gasteiger partial charge in [-0.1, -0.05) is 24.3 Å². The summed E-state index contributed by atoms with van der Waals surface area (Å²) in [5.74, 6) is -1.34. The van der Waals surface area contributed by atoms with E-state index in [-0.39, 0.29) is 17.9 Å². The summed E-state index contributed by atoms with van der Waals surface area (Å²) in [6.07, 6.45) is 0. The van der Waals surface area contributed by atoms with E-state index in [1.807, 2.05) is 35.7 Å². The Kier molecular flexibility index (Phi) is 4.60. The molecule has 0 bridgehead atoms. The quantitative estimate of drug-likeness (QED) is 0.372. The number of hydrogen-bond acceptors (Lipinski definition) is 6. The molecular weight excluding hydrogens is 470 g/mol. The van der Waals surface area contributed by atoms with E-state index in [2.05, 4.69) is 15.9 Å². The number of amides is 1. The molecule has 3 aromatic heterocycles. The molecule has 1 amide bonds. The molecule has 1 aliphatic heterocycles. The van der Waals surface area contributed by atoms with Crippen LogP contribution in [0, 0.1) is 0 Å². The zero-order valence-electron chi connectivity index (χ0n) is 15.4. The molecule has 5 rings (SSSR count). The molecule has 1 N–H and O–H groups in total. The van der Waals surface area contributed by atoms with Crippen molar-refractivity contribution in [1.29, 1.82) is 0 Å². The zero-order valence-corrected chi connectivity index (χ0v) is 17.8. The van der Waals surface area contributed by atoms with Gasteiger partial charge < -0.3 is 18.8 Å². The van der Waals surface area contributed by atoms with Crippen molar-refractivity contribution >= 4 is 49.9 Å². The number of para-hydroxylation sites is 1. The van der Waals surface area contributed by atoms with Crippen LogP contribution in [-0.4, -0.2) is 21.7 Å². The average molecular weight is 484 g/mol. The SMILES string of the molecule is O=C(C1=C(O)C(=O)N(Cc2cccs2)C1c1ccc(Br)o1)c1cc2ccccc2o1. The lowest BCUT2D eigenvalue weighted by Crippen LogP contribution is -2.30. The number of fused-ring (bicyclic) bond motifs is 1. The van der Waals surface area contributed by atoms with Crippen molar-refractivity contribution < 1.29 is 23.5 Å². The molecule has 4 aromatic rings. The number of halogens is 1. The van der Waals surface area contributed by atoms with Crippen molar-refractivity contribution in [3.63, 3.8) is 0 Å². The molecule has 0 saturated heterocycles. The number of nitrogens with zero attached hydrogens (tertiary/aromatic N) is 1. The van der Waals surface area contributed by atoms with Gasteiger partial charge in [0.1, 0.15) is 17.4 Å². The number of aliphatic hydroxyl groups excluding tert-OH is 1. The monoisotopic (exact) mass is 483 g/mol. The molecule has 8 heteroatoms. The van der Waals surface area contributed by atoms with Crippen molar-refractivity contribution in [2.24, 2.45) is 0 Å². The van der Waals surface area contributed by atoms with E-state index in [9.17, 15) is 14.7 Å². The number of benzene rings is 1. The summed E-state index contributed by atoms with van der Waals surface area (Å²) in [4.78, 5) is 28.7. The van der Waals surface area contributed by atoms with Gasteiger partial charge in [0, 0.05) is 10.3 Å². The Morgan fingerprint density at radius 3 is 2.67 bits per heavy atom. The maximum Gasteiger partial charge on any atom is 0.290 e. The lowest BCUT2D eigenvalue weighted by Gasteiger charge is -2.24. The third kappa shape index (κ3) is 3.09. The summed E-state index contributed by atoms with van der Waals surface area (Å²) in [5.41, 5.74) is 0.496. The van der Waals surface area contributed by atoms with Gasteiger partial charge in [-0.3, -0.25) is 9.59 Å². The van der Waals surface area contributed by atoms with Gasteiger partial charge in [-0.25, -0.2) is 0 Å². The van der Waals surface area contributed by atoms with Crippen molar-refractivity contribution in [2.75, 3.05) is 0 Å². The minimum atomic E-state index is -0.869. The fourth-order valence-electron chi connectivity index (χ4n) is 3.62. The molecule has 0 saturated carbocycles. The van der Waals surface area contributed by atoms with E-state index in [0.29, 0.717) is 16.0 Å². The summed E-state index contributed by atoms with van der Waals surface area (Å²) in [7, 11) is 0. The second-order valence-corrected chi connectivity index (χ2v) is 8.61. The fourth-order valence-corrected chi connectivity index (χ4v) is 4.64. The van der Waals surface area contributed by atoms with Crippen LogP contribution in [0.15, 0.2) is 84.8 Å². The van der Waals surface area contributed by atoms with Crippen LogP contribution in [0.2, 0.25) is 0 Å². The number of Topliss-reactive ketones (excluding diaryl/α,β-unsaturated/α-hetero) is 1. The van der Waals surface area contributed by atoms with Crippen LogP contribution >= 0.6 is 27.3 Å². The molecule has 1 unspecified atom stereocenters. The van der Waals surface area contributed by atoms with Crippen LogP contribution in [0.4, 0.5) is 0 Å². The first-order valence-corrected chi connectivity index (χ1v) is 10.7. The van der Waals surface area contributed by atoms with Gasteiger partial charge in [0.05, 0.1) is 12.1 Å². The molecule has 1 aliphatic rings. The molecule has 0 fully saturated rings. The van der Waals surface area contributed by atoms with Gasteiger partial charge >= 0.3 is 0 Å². The molecule has 6 nitrogen and oxygen atoms in total. The molecule has 4 heterocycles. The van der Waals surface area contributed by atoms with Gasteiger partial charge in [-0.05, 0) is 51.6 Å². The summed E-state index contributed by atoms with van der Waals surface area (Å²) >= 11 is 4.75. The molecular formula is C22H14BrNO5S. The maximum atomic E-state index is 13.4. The molecule has 1 aromatic carbocycles. The molecule has 0 aliphatic carbocycles. The highest BCUT2D eigenvalue weighted by atomic mass is 79.9. The van der Waals surface area contributed by atoms with Gasteiger partial charge in [0.15, 0.2) is 16.2 Å². The number of furan rings is 2. The Bertz CT molecular complexity index is 1270. The molecule has 150 valence electrons. The first-order chi connectivity index (χ1) is 14.5. The molecule has 0 spiro atoms. The van der Waals surface area contributed by atoms with Crippen molar-refractivity contribution in [1.82, 2.24) is 4.90 Å². The summed E-state index contributed by atoms with van der Waals surface area (Å²) in [6, 6.07) is 15.1. The fraction of sp³-hybridized carbons (Fsp3) is 0.0909. The summed E-state index contributed by atoms with van der Waals surface area (Å²) < 4.78 is 11.8. The average Bonchev–Trinajstić information content (AvgIpc) is 3.51. The van der Waals surface area contributed by atoms with Crippen LogP contribution in [0.1, 0.15) is 27.2 Å². The first kappa shape index (κ1) is 18.9. The highest BCUT2D eigenvalue weighted by Gasteiger charge is 2.46. The second kappa shape index (κ2) is 7.30. The normalized spacial score (nSPS) is 16.8. The number of aliphatic hydroxyl groups is 1. The van der Waals surface area contributed by atoms with E-state index < -0.39 is 23.5 Å². The third-order valence-electron chi connectivity index (χ3n) is 4.97. The zero-order chi connectivity index (χ0) is 20.8. The molecule has 1 atom stereocenters. The van der Waals surface area contributed by atoms with Crippen molar-refractivity contribution in [2.45, 2.75) is 12.6 Å². The van der Waals surface area contributed by atoms with Gasteiger partial charge in [0.25, 0.3) is 5.91 Å². The number of hydrogen-bond donors (Lipinski definition) is 1. The smallest absolute Gasteiger partial charge is 0.290 e. The van der Waals surface area contributed by atoms with E-state index in [1.54, 1.807) is 24.3 Å². The van der Waals surface area contributed by atoms with Gasteiger partial charge in [-0.15, -0.1) is 11.3 Å². The first-order valence-electron chi connectivity index (χ1n) is 9.08. The van der Waals surface area contributed by atoms with E-state index in [4.69, 9.17) is 8.83 Å². The van der Waals surface area contributed by atoms with Gasteiger partial charge in [0.2, 0.25) is 5.78 Å². The predicted molar refractivity (Wildman–Crippen MR) is 114 cm³/mol. The topological polar surface area (TPSA) is 83.9 Å². The van der Waals surface area contributed by atoms with Crippen molar-refractivity contribution in [3.05, 3.63) is 92.4 Å². The van der Waals surface area contributed by atoms with E-state index in [0.717, 1.165) is 10.3 Å². The standard InChI is InChI=1S/C22H14BrNO5S/c23-17-8-7-15(29-17)19-18(20(25)16-10-12-4-1-2-6-14(12)28-16)21(26)22(27)24(19)11-13-5-3-9-30-13/h1-10,19,26H,11H2. The second-order valence-electron chi connectivity index (χ2n) is 6.80. The highest BCUT2D eigenvalue weighted by molar-refractivity contribution is 9.10. The highest BCUT2D eigenvalue weighted by Crippen LogP contribution is 2.41. The van der Waals surface area contributed by atoms with Crippen LogP contribution in [0.5, 0.6) is 0 Å². The van der Waals surface area contributed by atoms with E-state index >= 15 is 0 Å². The number of carbonyl (C=O) groups is 2. The Balaban J connectivity index is 1.60. The Morgan fingerprint density at radius 1 is 1.13 bits per heavy atom. The van der Waals surface area contributed by atoms with Crippen LogP contribution in [0.3, 0.4) is 0 Å². The Labute approximate surface area is 183 Å². The largest absolute Gasteiger partial charge is 0.503 e. The Hall–Kier alpha value is -3.10. The number of carbonyl (C=O) groups excluding carboxylic acids is 2. The van der Waals surface area contributed by atoms with Crippen LogP contribution in [-0.2, 0) is 11.3 Å². The predicted octanol–water partition coefficient (Wildman–Crippen LogP) is 5.63. The minimum Gasteiger partial charge on any atom is -0.503 e.